The quantitative estimate of drug-likeness (QED) is 0.0886. The molecular weight excluding hydrogens is 541 g/mol. The molecule has 0 radical (unpaired) electrons. The van der Waals surface area contributed by atoms with Gasteiger partial charge in [0.15, 0.2) is 23.1 Å². The number of carbonyl (C=O) groups excluding carboxylic acids is 2. The van der Waals surface area contributed by atoms with Crippen molar-refractivity contribution in [3.05, 3.63) is 59.7 Å². The molecule has 12 heteroatoms. The smallest absolute Gasteiger partial charge is 0.338 e. The topological polar surface area (TPSA) is 127 Å². The molecule has 0 aliphatic rings. The molecule has 3 rings (SSSR count). The Kier molecular flexibility index (Phi) is 10.9. The van der Waals surface area contributed by atoms with Crippen LogP contribution in [-0.4, -0.2) is 56.7 Å². The Morgan fingerprint density at radius 1 is 0.850 bits per heavy atom. The third-order valence-corrected chi connectivity index (χ3v) is 11.2. The highest BCUT2D eigenvalue weighted by Crippen LogP contribution is 2.20. The Hall–Kier alpha value is -3.62. The van der Waals surface area contributed by atoms with E-state index in [1.54, 1.807) is 48.5 Å². The van der Waals surface area contributed by atoms with Crippen LogP contribution in [0.2, 0.25) is 32.2 Å². The van der Waals surface area contributed by atoms with Crippen molar-refractivity contribution in [1.82, 2.24) is 15.0 Å². The van der Waals surface area contributed by atoms with Gasteiger partial charge in [0, 0.05) is 23.5 Å². The molecule has 0 amide bonds. The second-order valence-electron chi connectivity index (χ2n) is 10.8. The van der Waals surface area contributed by atoms with Crippen molar-refractivity contribution in [1.29, 1.82) is 0 Å². The average Bonchev–Trinajstić information content (AvgIpc) is 2.86. The fourth-order valence-electron chi connectivity index (χ4n) is 3.84. The van der Waals surface area contributed by atoms with E-state index < -0.39 is 17.4 Å². The number of ketones is 1. The summed E-state index contributed by atoms with van der Waals surface area (Å²) >= 11 is 0. The number of anilines is 5. The van der Waals surface area contributed by atoms with Gasteiger partial charge in [-0.2, -0.15) is 15.0 Å². The van der Waals surface area contributed by atoms with Gasteiger partial charge >= 0.3 is 5.97 Å². The van der Waals surface area contributed by atoms with Gasteiger partial charge in [0.05, 0.1) is 11.7 Å². The minimum Gasteiger partial charge on any atom is -0.459 e. The maximum absolute atomic E-state index is 12.2. The molecule has 0 saturated heterocycles. The standard InChI is InChI=1S/C28H40N6O4Si2/c1-19(2)37-25(36)22-11-15-24(16-12-22)31-28-33-26(29-17-8-18-39(4)38-40(5,6)7)32-27(34-28)30-23-13-9-21(10-14-23)20(3)35/h9-16,19,39H,8,17-18H2,1-7H3,(H3,29,30,31,32,33,34). The molecule has 214 valence electrons. The van der Waals surface area contributed by atoms with Crippen LogP contribution in [-0.2, 0) is 8.85 Å². The molecule has 2 aromatic carbocycles. The van der Waals surface area contributed by atoms with Crippen LogP contribution in [0.3, 0.4) is 0 Å². The lowest BCUT2D eigenvalue weighted by Crippen LogP contribution is -2.33. The van der Waals surface area contributed by atoms with Gasteiger partial charge in [-0.25, -0.2) is 4.79 Å². The normalized spacial score (nSPS) is 12.1. The molecular formula is C28H40N6O4Si2. The number of benzene rings is 2. The zero-order valence-corrected chi connectivity index (χ0v) is 26.5. The predicted molar refractivity (Wildman–Crippen MR) is 165 cm³/mol. The molecule has 10 nitrogen and oxygen atoms in total. The van der Waals surface area contributed by atoms with E-state index in [1.807, 2.05) is 13.8 Å². The zero-order chi connectivity index (χ0) is 29.3. The van der Waals surface area contributed by atoms with Gasteiger partial charge in [0.25, 0.3) is 0 Å². The lowest BCUT2D eigenvalue weighted by Gasteiger charge is -2.23. The largest absolute Gasteiger partial charge is 0.459 e. The molecule has 0 saturated carbocycles. The first kappa shape index (κ1) is 30.9. The summed E-state index contributed by atoms with van der Waals surface area (Å²) in [4.78, 5) is 37.4. The Balaban J connectivity index is 1.74. The minimum atomic E-state index is -1.51. The van der Waals surface area contributed by atoms with Crippen LogP contribution in [0.4, 0.5) is 29.2 Å². The van der Waals surface area contributed by atoms with E-state index in [-0.39, 0.29) is 17.9 Å². The van der Waals surface area contributed by atoms with Gasteiger partial charge in [0.2, 0.25) is 17.8 Å². The molecule has 1 aromatic heterocycles. The molecule has 0 fully saturated rings. The Morgan fingerprint density at radius 3 is 1.82 bits per heavy atom. The second-order valence-corrected chi connectivity index (χ2v) is 18.2. The summed E-state index contributed by atoms with van der Waals surface area (Å²) in [5, 5.41) is 9.69. The molecule has 1 heterocycles. The van der Waals surface area contributed by atoms with E-state index in [2.05, 4.69) is 57.1 Å². The van der Waals surface area contributed by atoms with Crippen molar-refractivity contribution in [2.45, 2.75) is 65.5 Å². The molecule has 0 bridgehead atoms. The highest BCUT2D eigenvalue weighted by molar-refractivity contribution is 6.77. The molecule has 1 unspecified atom stereocenters. The van der Waals surface area contributed by atoms with Crippen molar-refractivity contribution >= 4 is 58.3 Å². The first-order valence-corrected chi connectivity index (χ1v) is 19.4. The van der Waals surface area contributed by atoms with Crippen molar-refractivity contribution in [2.24, 2.45) is 0 Å². The van der Waals surface area contributed by atoms with Crippen molar-refractivity contribution in [3.63, 3.8) is 0 Å². The summed E-state index contributed by atoms with van der Waals surface area (Å²) < 4.78 is 11.5. The lowest BCUT2D eigenvalue weighted by molar-refractivity contribution is 0.0378. The third-order valence-electron chi connectivity index (χ3n) is 5.53. The number of esters is 1. The molecule has 0 aliphatic carbocycles. The summed E-state index contributed by atoms with van der Waals surface area (Å²) in [6, 6.07) is 15.1. The van der Waals surface area contributed by atoms with E-state index in [0.717, 1.165) is 18.2 Å². The SMILES string of the molecule is CC(=O)c1ccc(Nc2nc(NCCC[SiH](C)O[Si](C)(C)C)nc(Nc3ccc(C(=O)OC(C)C)cc3)n2)cc1. The van der Waals surface area contributed by atoms with E-state index in [4.69, 9.17) is 8.85 Å². The number of aromatic nitrogens is 3. The van der Waals surface area contributed by atoms with Gasteiger partial charge in [-0.15, -0.1) is 0 Å². The van der Waals surface area contributed by atoms with Gasteiger partial charge in [-0.3, -0.25) is 4.79 Å². The summed E-state index contributed by atoms with van der Waals surface area (Å²) in [5.41, 5.74) is 2.54. The van der Waals surface area contributed by atoms with Crippen LogP contribution >= 0.6 is 0 Å². The fourth-order valence-corrected chi connectivity index (χ4v) is 9.92. The van der Waals surface area contributed by atoms with E-state index in [1.165, 1.54) is 6.92 Å². The van der Waals surface area contributed by atoms with E-state index >= 15 is 0 Å². The van der Waals surface area contributed by atoms with Crippen LogP contribution in [0.15, 0.2) is 48.5 Å². The third kappa shape index (κ3) is 10.5. The monoisotopic (exact) mass is 580 g/mol. The van der Waals surface area contributed by atoms with E-state index in [0.29, 0.717) is 41.2 Å². The highest BCUT2D eigenvalue weighted by Gasteiger charge is 2.18. The highest BCUT2D eigenvalue weighted by atomic mass is 28.4. The van der Waals surface area contributed by atoms with Crippen molar-refractivity contribution in [2.75, 3.05) is 22.5 Å². The number of Topliss-reactive ketones (excluding diaryl/α,β-unsaturated/α-hetero) is 1. The maximum Gasteiger partial charge on any atom is 0.338 e. The van der Waals surface area contributed by atoms with Gasteiger partial charge in [0.1, 0.15) is 0 Å². The number of nitrogens with one attached hydrogen (secondary N) is 3. The number of hydrogen-bond acceptors (Lipinski definition) is 10. The van der Waals surface area contributed by atoms with Crippen LogP contribution in [0.1, 0.15) is 47.9 Å². The van der Waals surface area contributed by atoms with Crippen LogP contribution in [0, 0.1) is 0 Å². The summed E-state index contributed by atoms with van der Waals surface area (Å²) in [6.07, 6.45) is 0.764. The molecule has 40 heavy (non-hydrogen) atoms. The second kappa shape index (κ2) is 14.1. The number of nitrogens with zero attached hydrogens (tertiary/aromatic N) is 3. The Bertz CT molecular complexity index is 1280. The first-order chi connectivity index (χ1) is 18.9. The lowest BCUT2D eigenvalue weighted by atomic mass is 10.1. The average molecular weight is 581 g/mol. The zero-order valence-electron chi connectivity index (χ0n) is 24.4. The maximum atomic E-state index is 12.2. The number of ether oxygens (including phenoxy) is 1. The van der Waals surface area contributed by atoms with Gasteiger partial charge in [-0.1, -0.05) is 0 Å². The number of hydrogen-bond donors (Lipinski definition) is 3. The number of carbonyl (C=O) groups is 2. The van der Waals surface area contributed by atoms with Gasteiger partial charge in [-0.05, 0) is 108 Å². The van der Waals surface area contributed by atoms with Crippen LogP contribution in [0.5, 0.6) is 0 Å². The fraction of sp³-hybridized carbons (Fsp3) is 0.393. The Labute approximate surface area is 239 Å². The predicted octanol–water partition coefficient (Wildman–Crippen LogP) is 6.13. The van der Waals surface area contributed by atoms with Gasteiger partial charge < -0.3 is 24.8 Å². The van der Waals surface area contributed by atoms with Crippen molar-refractivity contribution in [3.8, 4) is 0 Å². The number of rotatable bonds is 14. The summed E-state index contributed by atoms with van der Waals surface area (Å²) in [6.45, 7) is 14.8. The molecule has 0 spiro atoms. The summed E-state index contributed by atoms with van der Waals surface area (Å²) in [5.74, 6) is 0.738. The molecule has 3 aromatic rings. The van der Waals surface area contributed by atoms with Crippen molar-refractivity contribution < 1.29 is 18.4 Å². The van der Waals surface area contributed by atoms with Crippen LogP contribution in [0.25, 0.3) is 0 Å². The molecule has 1 atom stereocenters. The van der Waals surface area contributed by atoms with E-state index in [9.17, 15) is 9.59 Å². The molecule has 3 N–H and O–H groups in total. The Morgan fingerprint density at radius 2 is 1.35 bits per heavy atom. The minimum absolute atomic E-state index is 0.000735. The van der Waals surface area contributed by atoms with Crippen LogP contribution < -0.4 is 16.0 Å². The first-order valence-electron chi connectivity index (χ1n) is 13.5. The molecule has 0 aliphatic heterocycles. The summed E-state index contributed by atoms with van der Waals surface area (Å²) in [7, 11) is -2.72.